The molecule has 1 saturated carbocycles. The number of halogens is 1. The fraction of sp³-hybridized carbons (Fsp3) is 0.250. The van der Waals surface area contributed by atoms with Crippen molar-refractivity contribution in [3.05, 3.63) is 70.3 Å². The van der Waals surface area contributed by atoms with Crippen LogP contribution in [-0.4, -0.2) is 23.6 Å². The van der Waals surface area contributed by atoms with E-state index < -0.39 is 11.8 Å². The first kappa shape index (κ1) is 18.5. The molecule has 6 rings (SSSR count). The minimum Gasteiger partial charge on any atom is -0.274 e. The maximum Gasteiger partial charge on any atom is 0.266 e. The van der Waals surface area contributed by atoms with Gasteiger partial charge in [0.05, 0.1) is 34.3 Å². The molecule has 2 heterocycles. The third-order valence-electron chi connectivity index (χ3n) is 7.00. The molecule has 4 amide bonds. The summed E-state index contributed by atoms with van der Waals surface area (Å²) >= 11 is 5.99. The molecule has 0 N–H and O–H groups in total. The zero-order chi connectivity index (χ0) is 21.6. The Hall–Kier alpha value is -3.25. The molecule has 0 spiro atoms. The van der Waals surface area contributed by atoms with E-state index >= 15 is 0 Å². The molecular formula is C24H17ClN2O4. The minimum absolute atomic E-state index is 0.141. The number of aryl methyl sites for hydroxylation is 1. The average Bonchev–Trinajstić information content (AvgIpc) is 3.47. The van der Waals surface area contributed by atoms with E-state index in [2.05, 4.69) is 12.2 Å². The molecule has 2 aromatic carbocycles. The van der Waals surface area contributed by atoms with Gasteiger partial charge in [-0.3, -0.25) is 24.1 Å². The molecule has 2 aromatic rings. The van der Waals surface area contributed by atoms with Crippen molar-refractivity contribution in [1.82, 2.24) is 0 Å². The molecule has 1 saturated heterocycles. The van der Waals surface area contributed by atoms with Crippen LogP contribution >= 0.6 is 11.6 Å². The molecule has 6 nitrogen and oxygen atoms in total. The number of rotatable bonds is 2. The fourth-order valence-corrected chi connectivity index (χ4v) is 5.79. The number of hydrogen-bond donors (Lipinski definition) is 0. The lowest BCUT2D eigenvalue weighted by molar-refractivity contribution is -0.123. The summed E-state index contributed by atoms with van der Waals surface area (Å²) in [5, 5.41) is 0.383. The summed E-state index contributed by atoms with van der Waals surface area (Å²) in [7, 11) is 0. The van der Waals surface area contributed by atoms with E-state index in [1.54, 1.807) is 37.3 Å². The van der Waals surface area contributed by atoms with Gasteiger partial charge in [-0.25, -0.2) is 4.90 Å². The number of benzene rings is 2. The van der Waals surface area contributed by atoms with E-state index in [0.29, 0.717) is 27.5 Å². The van der Waals surface area contributed by atoms with Crippen molar-refractivity contribution in [2.24, 2.45) is 23.7 Å². The summed E-state index contributed by atoms with van der Waals surface area (Å²) in [6.45, 7) is 1.76. The van der Waals surface area contributed by atoms with Crippen LogP contribution in [0.4, 0.5) is 11.4 Å². The second kappa shape index (κ2) is 6.14. The van der Waals surface area contributed by atoms with Crippen LogP contribution < -0.4 is 9.80 Å². The highest BCUT2D eigenvalue weighted by Crippen LogP contribution is 2.53. The Kier molecular flexibility index (Phi) is 3.67. The molecule has 31 heavy (non-hydrogen) atoms. The van der Waals surface area contributed by atoms with Crippen molar-refractivity contribution in [3.8, 4) is 0 Å². The topological polar surface area (TPSA) is 74.8 Å². The molecule has 4 atom stereocenters. The van der Waals surface area contributed by atoms with Gasteiger partial charge in [0.1, 0.15) is 0 Å². The van der Waals surface area contributed by atoms with Crippen LogP contribution in [0.2, 0.25) is 5.02 Å². The Morgan fingerprint density at radius 3 is 2.10 bits per heavy atom. The quantitative estimate of drug-likeness (QED) is 0.535. The molecule has 2 fully saturated rings. The Morgan fingerprint density at radius 1 is 0.806 bits per heavy atom. The number of imide groups is 2. The SMILES string of the molecule is Cc1cc(N2C(=O)C3C4C=CC(C4)C3C2=O)ccc1N1C(=O)c2ccc(Cl)cc2C1=O. The van der Waals surface area contributed by atoms with Gasteiger partial charge >= 0.3 is 0 Å². The van der Waals surface area contributed by atoms with Gasteiger partial charge in [0.15, 0.2) is 0 Å². The predicted octanol–water partition coefficient (Wildman–Crippen LogP) is 3.76. The summed E-state index contributed by atoms with van der Waals surface area (Å²) in [5.74, 6) is -1.44. The number of nitrogens with zero attached hydrogens (tertiary/aromatic N) is 2. The lowest BCUT2D eigenvalue weighted by atomic mass is 9.85. The van der Waals surface area contributed by atoms with E-state index in [4.69, 9.17) is 11.6 Å². The van der Waals surface area contributed by atoms with Gasteiger partial charge in [-0.1, -0.05) is 23.8 Å². The largest absolute Gasteiger partial charge is 0.274 e. The Labute approximate surface area is 183 Å². The zero-order valence-electron chi connectivity index (χ0n) is 16.5. The maximum atomic E-state index is 13.1. The average molecular weight is 433 g/mol. The first-order valence-electron chi connectivity index (χ1n) is 10.2. The highest BCUT2D eigenvalue weighted by molar-refractivity contribution is 6.37. The van der Waals surface area contributed by atoms with Gasteiger partial charge < -0.3 is 0 Å². The molecule has 7 heteroatoms. The summed E-state index contributed by atoms with van der Waals surface area (Å²) in [5.41, 5.74) is 2.09. The number of fused-ring (bicyclic) bond motifs is 6. The highest BCUT2D eigenvalue weighted by Gasteiger charge is 2.59. The zero-order valence-corrected chi connectivity index (χ0v) is 17.3. The third-order valence-corrected chi connectivity index (χ3v) is 7.23. The molecule has 154 valence electrons. The van der Waals surface area contributed by atoms with Gasteiger partial charge in [-0.2, -0.15) is 0 Å². The second-order valence-corrected chi connectivity index (χ2v) is 9.05. The molecule has 4 aliphatic rings. The first-order valence-corrected chi connectivity index (χ1v) is 10.6. The smallest absolute Gasteiger partial charge is 0.266 e. The molecule has 0 aromatic heterocycles. The molecular weight excluding hydrogens is 416 g/mol. The normalized spacial score (nSPS) is 28.2. The summed E-state index contributed by atoms with van der Waals surface area (Å²) in [6, 6.07) is 9.56. The third kappa shape index (κ3) is 2.34. The van der Waals surface area contributed by atoms with Crippen LogP contribution in [0.5, 0.6) is 0 Å². The minimum atomic E-state index is -0.441. The van der Waals surface area contributed by atoms with Crippen molar-refractivity contribution in [2.45, 2.75) is 13.3 Å². The van der Waals surface area contributed by atoms with E-state index in [1.807, 2.05) is 0 Å². The monoisotopic (exact) mass is 432 g/mol. The number of amides is 4. The van der Waals surface area contributed by atoms with E-state index in [0.717, 1.165) is 11.3 Å². The molecule has 2 bridgehead atoms. The van der Waals surface area contributed by atoms with Crippen LogP contribution in [-0.2, 0) is 9.59 Å². The molecule has 2 aliphatic carbocycles. The molecule has 4 unspecified atom stereocenters. The van der Waals surface area contributed by atoms with Crippen LogP contribution in [0.1, 0.15) is 32.7 Å². The Bertz CT molecular complexity index is 1240. The molecule has 0 radical (unpaired) electrons. The lowest BCUT2D eigenvalue weighted by Gasteiger charge is -2.21. The van der Waals surface area contributed by atoms with Crippen molar-refractivity contribution in [1.29, 1.82) is 0 Å². The van der Waals surface area contributed by atoms with Gasteiger partial charge in [0.25, 0.3) is 11.8 Å². The lowest BCUT2D eigenvalue weighted by Crippen LogP contribution is -2.33. The maximum absolute atomic E-state index is 13.1. The number of allylic oxidation sites excluding steroid dienone is 2. The first-order chi connectivity index (χ1) is 14.9. The van der Waals surface area contributed by atoms with Crippen LogP contribution in [0, 0.1) is 30.6 Å². The van der Waals surface area contributed by atoms with Crippen LogP contribution in [0.3, 0.4) is 0 Å². The second-order valence-electron chi connectivity index (χ2n) is 8.62. The van der Waals surface area contributed by atoms with Crippen LogP contribution in [0.15, 0.2) is 48.6 Å². The van der Waals surface area contributed by atoms with E-state index in [9.17, 15) is 19.2 Å². The standard InChI is InChI=1S/C24H17ClN2O4/c1-11-8-15(26-23(30)19-12-2-3-13(9-12)20(19)24(26)31)5-7-18(11)27-21(28)16-6-4-14(25)10-17(16)22(27)29/h2-8,10,12-13,19-20H,9H2,1H3. The van der Waals surface area contributed by atoms with E-state index in [-0.39, 0.29) is 41.0 Å². The Balaban J connectivity index is 1.35. The highest BCUT2D eigenvalue weighted by atomic mass is 35.5. The number of anilines is 2. The number of carbonyl (C=O) groups is 4. The summed E-state index contributed by atoms with van der Waals surface area (Å²) in [4.78, 5) is 54.3. The summed E-state index contributed by atoms with van der Waals surface area (Å²) < 4.78 is 0. The van der Waals surface area contributed by atoms with Gasteiger partial charge in [0, 0.05) is 5.02 Å². The van der Waals surface area contributed by atoms with Crippen molar-refractivity contribution in [3.63, 3.8) is 0 Å². The fourth-order valence-electron chi connectivity index (χ4n) is 5.62. The van der Waals surface area contributed by atoms with Gasteiger partial charge in [-0.05, 0) is 67.1 Å². The predicted molar refractivity (Wildman–Crippen MR) is 114 cm³/mol. The van der Waals surface area contributed by atoms with Crippen molar-refractivity contribution >= 4 is 46.6 Å². The van der Waals surface area contributed by atoms with Crippen molar-refractivity contribution in [2.75, 3.05) is 9.80 Å². The van der Waals surface area contributed by atoms with Crippen LogP contribution in [0.25, 0.3) is 0 Å². The van der Waals surface area contributed by atoms with E-state index in [1.165, 1.54) is 11.0 Å². The summed E-state index contributed by atoms with van der Waals surface area (Å²) in [6.07, 6.45) is 5.00. The van der Waals surface area contributed by atoms with Crippen molar-refractivity contribution < 1.29 is 19.2 Å². The molecule has 2 aliphatic heterocycles. The van der Waals surface area contributed by atoms with Gasteiger partial charge in [0.2, 0.25) is 11.8 Å². The van der Waals surface area contributed by atoms with Gasteiger partial charge in [-0.15, -0.1) is 0 Å². The number of hydrogen-bond acceptors (Lipinski definition) is 4. The number of carbonyl (C=O) groups excluding carboxylic acids is 4. The Morgan fingerprint density at radius 2 is 1.45 bits per heavy atom.